The number of aromatic nitrogens is 3. The minimum atomic E-state index is -0.280. The minimum Gasteiger partial charge on any atom is -0.345 e. The molecule has 22 heavy (non-hydrogen) atoms. The summed E-state index contributed by atoms with van der Waals surface area (Å²) in [4.78, 5) is 20.5. The van der Waals surface area contributed by atoms with E-state index in [0.29, 0.717) is 12.1 Å². The number of hydrogen-bond acceptors (Lipinski definition) is 3. The number of fused-ring (bicyclic) bond motifs is 1. The first-order valence-electron chi connectivity index (χ1n) is 6.56. The Bertz CT molecular complexity index is 860. The summed E-state index contributed by atoms with van der Waals surface area (Å²) in [6.07, 6.45) is 1.39. The van der Waals surface area contributed by atoms with Gasteiger partial charge in [0.25, 0.3) is 5.91 Å². The maximum absolute atomic E-state index is 12.1. The van der Waals surface area contributed by atoms with Crippen LogP contribution in [0.3, 0.4) is 0 Å². The van der Waals surface area contributed by atoms with Crippen molar-refractivity contribution in [3.8, 4) is 0 Å². The standard InChI is InChI=1S/C15H12Cl2N4O/c1-21-12-5-3-2-4-11(12)20-13(21)8-19-15(22)9-6-10(16)14(17)18-7-9/h2-7H,8H2,1H3,(H,19,22). The Balaban J connectivity index is 1.77. The molecular weight excluding hydrogens is 323 g/mol. The number of aryl methyl sites for hydroxylation is 1. The summed E-state index contributed by atoms with van der Waals surface area (Å²) in [6, 6.07) is 9.29. The van der Waals surface area contributed by atoms with Crippen LogP contribution in [-0.2, 0) is 13.6 Å². The SMILES string of the molecule is Cn1c(CNC(=O)c2cnc(Cl)c(Cl)c2)nc2ccccc21. The van der Waals surface area contributed by atoms with E-state index in [0.717, 1.165) is 16.9 Å². The van der Waals surface area contributed by atoms with Crippen LogP contribution in [0.4, 0.5) is 0 Å². The third-order valence-electron chi connectivity index (χ3n) is 3.35. The van der Waals surface area contributed by atoms with Gasteiger partial charge in [0, 0.05) is 13.2 Å². The molecular formula is C15H12Cl2N4O. The average molecular weight is 335 g/mol. The molecule has 3 rings (SSSR count). The summed E-state index contributed by atoms with van der Waals surface area (Å²) < 4.78 is 1.95. The van der Waals surface area contributed by atoms with Gasteiger partial charge in [0.2, 0.25) is 0 Å². The highest BCUT2D eigenvalue weighted by molar-refractivity contribution is 6.41. The van der Waals surface area contributed by atoms with Crippen molar-refractivity contribution in [2.45, 2.75) is 6.54 Å². The Morgan fingerprint density at radius 2 is 2.09 bits per heavy atom. The number of nitrogens with zero attached hydrogens (tertiary/aromatic N) is 3. The molecule has 0 unspecified atom stereocenters. The van der Waals surface area contributed by atoms with Crippen LogP contribution >= 0.6 is 23.2 Å². The van der Waals surface area contributed by atoms with E-state index in [4.69, 9.17) is 23.2 Å². The number of imidazole rings is 1. The predicted octanol–water partition coefficient (Wildman–Crippen LogP) is 3.21. The highest BCUT2D eigenvalue weighted by Crippen LogP contribution is 2.19. The number of para-hydroxylation sites is 2. The van der Waals surface area contributed by atoms with Crippen molar-refractivity contribution in [3.05, 3.63) is 58.1 Å². The van der Waals surface area contributed by atoms with E-state index in [9.17, 15) is 4.79 Å². The Kier molecular flexibility index (Phi) is 4.00. The van der Waals surface area contributed by atoms with Crippen molar-refractivity contribution in [2.24, 2.45) is 7.05 Å². The largest absolute Gasteiger partial charge is 0.345 e. The molecule has 1 amide bonds. The van der Waals surface area contributed by atoms with Gasteiger partial charge in [0.15, 0.2) is 0 Å². The quantitative estimate of drug-likeness (QED) is 0.748. The van der Waals surface area contributed by atoms with E-state index >= 15 is 0 Å². The van der Waals surface area contributed by atoms with Crippen LogP contribution < -0.4 is 5.32 Å². The number of halogens is 2. The summed E-state index contributed by atoms with van der Waals surface area (Å²) >= 11 is 11.6. The number of carbonyl (C=O) groups is 1. The molecule has 0 saturated heterocycles. The molecule has 3 aromatic rings. The lowest BCUT2D eigenvalue weighted by Crippen LogP contribution is -2.24. The summed E-state index contributed by atoms with van der Waals surface area (Å²) in [5, 5.41) is 3.22. The molecule has 0 bridgehead atoms. The lowest BCUT2D eigenvalue weighted by atomic mass is 10.2. The van der Waals surface area contributed by atoms with Gasteiger partial charge in [0.05, 0.1) is 28.2 Å². The molecule has 5 nitrogen and oxygen atoms in total. The van der Waals surface area contributed by atoms with E-state index in [1.165, 1.54) is 12.3 Å². The molecule has 1 aromatic carbocycles. The lowest BCUT2D eigenvalue weighted by Gasteiger charge is -2.06. The summed E-state index contributed by atoms with van der Waals surface area (Å²) in [5.74, 6) is 0.487. The number of carbonyl (C=O) groups excluding carboxylic acids is 1. The molecule has 0 radical (unpaired) electrons. The van der Waals surface area contributed by atoms with Crippen LogP contribution in [0, 0.1) is 0 Å². The van der Waals surface area contributed by atoms with Crippen molar-refractivity contribution >= 4 is 40.1 Å². The van der Waals surface area contributed by atoms with Crippen molar-refractivity contribution in [1.82, 2.24) is 19.9 Å². The van der Waals surface area contributed by atoms with E-state index in [-0.39, 0.29) is 16.1 Å². The second-order valence-corrected chi connectivity index (χ2v) is 5.52. The van der Waals surface area contributed by atoms with Crippen LogP contribution in [0.15, 0.2) is 36.5 Å². The molecule has 0 aliphatic rings. The first-order valence-corrected chi connectivity index (χ1v) is 7.31. The molecule has 0 spiro atoms. The predicted molar refractivity (Wildman–Crippen MR) is 86.1 cm³/mol. The number of rotatable bonds is 3. The van der Waals surface area contributed by atoms with Crippen LogP contribution in [0.1, 0.15) is 16.2 Å². The Morgan fingerprint density at radius 1 is 1.32 bits per heavy atom. The van der Waals surface area contributed by atoms with E-state index in [1.54, 1.807) is 0 Å². The van der Waals surface area contributed by atoms with Gasteiger partial charge in [-0.05, 0) is 18.2 Å². The summed E-state index contributed by atoms with van der Waals surface area (Å²) in [6.45, 7) is 0.310. The van der Waals surface area contributed by atoms with Gasteiger partial charge >= 0.3 is 0 Å². The van der Waals surface area contributed by atoms with Crippen molar-refractivity contribution in [1.29, 1.82) is 0 Å². The monoisotopic (exact) mass is 334 g/mol. The zero-order chi connectivity index (χ0) is 15.7. The minimum absolute atomic E-state index is 0.175. The molecule has 0 saturated carbocycles. The van der Waals surface area contributed by atoms with Gasteiger partial charge < -0.3 is 9.88 Å². The first-order chi connectivity index (χ1) is 10.6. The maximum Gasteiger partial charge on any atom is 0.253 e. The smallest absolute Gasteiger partial charge is 0.253 e. The molecule has 2 heterocycles. The molecule has 0 atom stereocenters. The first kappa shape index (κ1) is 14.8. The molecule has 2 aromatic heterocycles. The topological polar surface area (TPSA) is 59.8 Å². The van der Waals surface area contributed by atoms with Crippen LogP contribution in [-0.4, -0.2) is 20.4 Å². The molecule has 0 aliphatic carbocycles. The van der Waals surface area contributed by atoms with Crippen molar-refractivity contribution < 1.29 is 4.79 Å². The Morgan fingerprint density at radius 3 is 2.82 bits per heavy atom. The Hall–Kier alpha value is -2.11. The van der Waals surface area contributed by atoms with E-state index in [1.807, 2.05) is 35.9 Å². The van der Waals surface area contributed by atoms with Gasteiger partial charge in [-0.15, -0.1) is 0 Å². The normalized spacial score (nSPS) is 10.9. The van der Waals surface area contributed by atoms with Crippen molar-refractivity contribution in [2.75, 3.05) is 0 Å². The fourth-order valence-electron chi connectivity index (χ4n) is 2.16. The van der Waals surface area contributed by atoms with Gasteiger partial charge in [-0.25, -0.2) is 9.97 Å². The third-order valence-corrected chi connectivity index (χ3v) is 4.03. The molecule has 0 aliphatic heterocycles. The fourth-order valence-corrected chi connectivity index (χ4v) is 2.43. The summed E-state index contributed by atoms with van der Waals surface area (Å²) in [5.41, 5.74) is 2.27. The molecule has 0 fully saturated rings. The maximum atomic E-state index is 12.1. The van der Waals surface area contributed by atoms with Crippen molar-refractivity contribution in [3.63, 3.8) is 0 Å². The number of nitrogens with one attached hydrogen (secondary N) is 1. The number of amides is 1. The zero-order valence-electron chi connectivity index (χ0n) is 11.7. The Labute approximate surface area is 136 Å². The second kappa shape index (κ2) is 5.94. The van der Waals surface area contributed by atoms with Crippen LogP contribution in [0.25, 0.3) is 11.0 Å². The fraction of sp³-hybridized carbons (Fsp3) is 0.133. The summed E-state index contributed by atoms with van der Waals surface area (Å²) in [7, 11) is 1.91. The van der Waals surface area contributed by atoms with Gasteiger partial charge in [0.1, 0.15) is 11.0 Å². The highest BCUT2D eigenvalue weighted by atomic mass is 35.5. The van der Waals surface area contributed by atoms with Gasteiger partial charge in [-0.3, -0.25) is 4.79 Å². The second-order valence-electron chi connectivity index (χ2n) is 4.76. The number of hydrogen-bond donors (Lipinski definition) is 1. The van der Waals surface area contributed by atoms with E-state index < -0.39 is 0 Å². The van der Waals surface area contributed by atoms with Crippen LogP contribution in [0.5, 0.6) is 0 Å². The van der Waals surface area contributed by atoms with Crippen LogP contribution in [0.2, 0.25) is 10.2 Å². The molecule has 7 heteroatoms. The molecule has 1 N–H and O–H groups in total. The molecule has 112 valence electrons. The number of pyridine rings is 1. The lowest BCUT2D eigenvalue weighted by molar-refractivity contribution is 0.0949. The zero-order valence-corrected chi connectivity index (χ0v) is 13.2. The highest BCUT2D eigenvalue weighted by Gasteiger charge is 2.11. The third kappa shape index (κ3) is 2.77. The number of benzene rings is 1. The average Bonchev–Trinajstić information content (AvgIpc) is 2.84. The van der Waals surface area contributed by atoms with Gasteiger partial charge in [-0.2, -0.15) is 0 Å². The van der Waals surface area contributed by atoms with E-state index in [2.05, 4.69) is 15.3 Å². The van der Waals surface area contributed by atoms with Gasteiger partial charge in [-0.1, -0.05) is 35.3 Å².